The summed E-state index contributed by atoms with van der Waals surface area (Å²) in [5, 5.41) is 11.3. The summed E-state index contributed by atoms with van der Waals surface area (Å²) in [7, 11) is 1.76. The first kappa shape index (κ1) is 26.8. The van der Waals surface area contributed by atoms with Gasteiger partial charge in [-0.05, 0) is 72.1 Å². The molecule has 196 valence electrons. The molecule has 0 saturated carbocycles. The Morgan fingerprint density at radius 2 is 1.68 bits per heavy atom. The van der Waals surface area contributed by atoms with Gasteiger partial charge in [0.25, 0.3) is 5.91 Å². The van der Waals surface area contributed by atoms with Gasteiger partial charge in [0.2, 0.25) is 0 Å². The Morgan fingerprint density at radius 1 is 0.947 bits per heavy atom. The summed E-state index contributed by atoms with van der Waals surface area (Å²) in [6, 6.07) is 22.9. The van der Waals surface area contributed by atoms with Crippen LogP contribution in [0.25, 0.3) is 22.0 Å². The van der Waals surface area contributed by atoms with Crippen molar-refractivity contribution in [1.29, 1.82) is 0 Å². The SMILES string of the molecule is CCCOc1ccc2cc(C(=O)N(C)c3ccc(-c4ccc(CC(OCC)C(=O)O)cn4)cc3)ccc2c1. The minimum absolute atomic E-state index is 0.101. The summed E-state index contributed by atoms with van der Waals surface area (Å²) >= 11 is 0. The number of carboxylic acid groups (broad SMARTS) is 1. The van der Waals surface area contributed by atoms with Crippen molar-refractivity contribution in [3.8, 4) is 17.0 Å². The third-order valence-electron chi connectivity index (χ3n) is 6.28. The van der Waals surface area contributed by atoms with Crippen molar-refractivity contribution < 1.29 is 24.2 Å². The van der Waals surface area contributed by atoms with Gasteiger partial charge in [0.15, 0.2) is 6.10 Å². The second-order valence-corrected chi connectivity index (χ2v) is 9.02. The molecule has 1 N–H and O–H groups in total. The minimum Gasteiger partial charge on any atom is -0.494 e. The number of rotatable bonds is 11. The van der Waals surface area contributed by atoms with Gasteiger partial charge < -0.3 is 19.5 Å². The molecule has 0 spiro atoms. The predicted octanol–water partition coefficient (Wildman–Crippen LogP) is 6.00. The van der Waals surface area contributed by atoms with E-state index in [-0.39, 0.29) is 12.3 Å². The number of nitrogens with zero attached hydrogens (tertiary/aromatic N) is 2. The van der Waals surface area contributed by atoms with Crippen molar-refractivity contribution >= 4 is 28.3 Å². The molecule has 38 heavy (non-hydrogen) atoms. The Balaban J connectivity index is 1.44. The molecule has 1 atom stereocenters. The molecule has 0 fully saturated rings. The Labute approximate surface area is 222 Å². The monoisotopic (exact) mass is 512 g/mol. The number of fused-ring (bicyclic) bond motifs is 1. The fraction of sp³-hybridized carbons (Fsp3) is 0.258. The van der Waals surface area contributed by atoms with Crippen LogP contribution in [0.5, 0.6) is 5.75 Å². The van der Waals surface area contributed by atoms with Crippen molar-refractivity contribution in [3.63, 3.8) is 0 Å². The molecule has 0 aliphatic rings. The zero-order chi connectivity index (χ0) is 27.1. The van der Waals surface area contributed by atoms with Gasteiger partial charge in [-0.25, -0.2) is 4.79 Å². The van der Waals surface area contributed by atoms with Gasteiger partial charge in [-0.3, -0.25) is 9.78 Å². The number of benzene rings is 3. The maximum absolute atomic E-state index is 13.2. The fourth-order valence-corrected chi connectivity index (χ4v) is 4.18. The number of carbonyl (C=O) groups excluding carboxylic acids is 1. The summed E-state index contributed by atoms with van der Waals surface area (Å²) in [5.41, 5.74) is 3.81. The summed E-state index contributed by atoms with van der Waals surface area (Å²) in [4.78, 5) is 30.7. The summed E-state index contributed by atoms with van der Waals surface area (Å²) in [5.74, 6) is -0.259. The molecule has 7 heteroatoms. The number of ether oxygens (including phenoxy) is 2. The Bertz CT molecular complexity index is 1400. The molecule has 0 aliphatic heterocycles. The van der Waals surface area contributed by atoms with E-state index in [0.29, 0.717) is 18.8 Å². The molecule has 1 amide bonds. The van der Waals surface area contributed by atoms with Crippen molar-refractivity contribution in [2.24, 2.45) is 0 Å². The second-order valence-electron chi connectivity index (χ2n) is 9.02. The molecule has 1 unspecified atom stereocenters. The summed E-state index contributed by atoms with van der Waals surface area (Å²) in [6.07, 6.45) is 1.99. The van der Waals surface area contributed by atoms with E-state index in [2.05, 4.69) is 11.9 Å². The molecule has 1 heterocycles. The zero-order valence-electron chi connectivity index (χ0n) is 21.9. The van der Waals surface area contributed by atoms with Crippen LogP contribution in [-0.4, -0.2) is 48.3 Å². The Hall–Kier alpha value is -4.23. The number of hydrogen-bond donors (Lipinski definition) is 1. The lowest BCUT2D eigenvalue weighted by Gasteiger charge is -2.18. The number of carboxylic acids is 1. The van der Waals surface area contributed by atoms with E-state index in [4.69, 9.17) is 9.47 Å². The van der Waals surface area contributed by atoms with Crippen LogP contribution in [-0.2, 0) is 16.0 Å². The van der Waals surface area contributed by atoms with Gasteiger partial charge >= 0.3 is 5.97 Å². The normalized spacial score (nSPS) is 11.8. The summed E-state index contributed by atoms with van der Waals surface area (Å²) in [6.45, 7) is 4.85. The number of hydrogen-bond acceptors (Lipinski definition) is 5. The highest BCUT2D eigenvalue weighted by Crippen LogP contribution is 2.25. The highest BCUT2D eigenvalue weighted by atomic mass is 16.5. The third-order valence-corrected chi connectivity index (χ3v) is 6.28. The Morgan fingerprint density at radius 3 is 2.34 bits per heavy atom. The van der Waals surface area contributed by atoms with E-state index in [9.17, 15) is 14.7 Å². The van der Waals surface area contributed by atoms with Crippen LogP contribution in [0.15, 0.2) is 79.0 Å². The van der Waals surface area contributed by atoms with Crippen LogP contribution in [0.4, 0.5) is 5.69 Å². The van der Waals surface area contributed by atoms with Crippen LogP contribution in [0.2, 0.25) is 0 Å². The topological polar surface area (TPSA) is 89.0 Å². The Kier molecular flexibility index (Phi) is 8.71. The number of aliphatic carboxylic acids is 1. The highest BCUT2D eigenvalue weighted by Gasteiger charge is 2.18. The molecule has 0 radical (unpaired) electrons. The molecule has 7 nitrogen and oxygen atoms in total. The lowest BCUT2D eigenvalue weighted by Crippen LogP contribution is -2.26. The lowest BCUT2D eigenvalue weighted by atomic mass is 10.1. The third kappa shape index (κ3) is 6.36. The smallest absolute Gasteiger partial charge is 0.333 e. The van der Waals surface area contributed by atoms with Gasteiger partial charge in [-0.1, -0.05) is 37.3 Å². The highest BCUT2D eigenvalue weighted by molar-refractivity contribution is 6.07. The minimum atomic E-state index is -0.986. The molecular weight excluding hydrogens is 480 g/mol. The van der Waals surface area contributed by atoms with Crippen LogP contribution in [0.1, 0.15) is 36.2 Å². The van der Waals surface area contributed by atoms with Gasteiger partial charge in [0, 0.05) is 43.1 Å². The molecule has 0 bridgehead atoms. The van der Waals surface area contributed by atoms with Gasteiger partial charge in [0.1, 0.15) is 5.75 Å². The predicted molar refractivity (Wildman–Crippen MR) is 149 cm³/mol. The lowest BCUT2D eigenvalue weighted by molar-refractivity contribution is -0.149. The number of pyridine rings is 1. The second kappa shape index (κ2) is 12.3. The first-order chi connectivity index (χ1) is 18.4. The average molecular weight is 513 g/mol. The molecule has 4 rings (SSSR count). The first-order valence-corrected chi connectivity index (χ1v) is 12.7. The van der Waals surface area contributed by atoms with Gasteiger partial charge in [0.05, 0.1) is 12.3 Å². The maximum Gasteiger partial charge on any atom is 0.333 e. The van der Waals surface area contributed by atoms with E-state index in [0.717, 1.165) is 45.5 Å². The zero-order valence-corrected chi connectivity index (χ0v) is 21.9. The van der Waals surface area contributed by atoms with Crippen LogP contribution >= 0.6 is 0 Å². The van der Waals surface area contributed by atoms with E-state index >= 15 is 0 Å². The summed E-state index contributed by atoms with van der Waals surface area (Å²) < 4.78 is 11.0. The van der Waals surface area contributed by atoms with Crippen LogP contribution in [0, 0.1) is 0 Å². The van der Waals surface area contributed by atoms with E-state index in [1.54, 1.807) is 25.1 Å². The first-order valence-electron chi connectivity index (χ1n) is 12.7. The molecule has 0 saturated heterocycles. The van der Waals surface area contributed by atoms with Crippen LogP contribution in [0.3, 0.4) is 0 Å². The molecule has 0 aliphatic carbocycles. The molecular formula is C31H32N2O5. The standard InChI is InChI=1S/C31H32N2O5/c1-4-16-38-27-14-11-23-18-25(8-7-24(23)19-27)30(34)33(3)26-12-9-22(10-13-26)28-15-6-21(20-32-28)17-29(31(35)36)37-5-2/h6-15,18-20,29H,4-5,16-17H2,1-3H3,(H,35,36). The van der Waals surface area contributed by atoms with Gasteiger partial charge in [-0.2, -0.15) is 0 Å². The van der Waals surface area contributed by atoms with Crippen molar-refractivity contribution in [2.75, 3.05) is 25.2 Å². The average Bonchev–Trinajstić information content (AvgIpc) is 2.95. The number of anilines is 1. The maximum atomic E-state index is 13.2. The molecule has 4 aromatic rings. The number of amides is 1. The van der Waals surface area contributed by atoms with E-state index < -0.39 is 12.1 Å². The fourth-order valence-electron chi connectivity index (χ4n) is 4.18. The van der Waals surface area contributed by atoms with E-state index in [1.165, 1.54) is 0 Å². The molecule has 3 aromatic carbocycles. The number of carbonyl (C=O) groups is 2. The van der Waals surface area contributed by atoms with Crippen molar-refractivity contribution in [1.82, 2.24) is 4.98 Å². The van der Waals surface area contributed by atoms with Crippen molar-refractivity contribution in [3.05, 3.63) is 90.1 Å². The van der Waals surface area contributed by atoms with Crippen molar-refractivity contribution in [2.45, 2.75) is 32.8 Å². The van der Waals surface area contributed by atoms with Gasteiger partial charge in [-0.15, -0.1) is 0 Å². The quantitative estimate of drug-likeness (QED) is 0.265. The van der Waals surface area contributed by atoms with E-state index in [1.807, 2.05) is 72.8 Å². The number of aromatic nitrogens is 1. The van der Waals surface area contributed by atoms with Crippen LogP contribution < -0.4 is 9.64 Å². The largest absolute Gasteiger partial charge is 0.494 e. The molecule has 1 aromatic heterocycles.